The van der Waals surface area contributed by atoms with Crippen molar-refractivity contribution in [2.75, 3.05) is 24.9 Å². The summed E-state index contributed by atoms with van der Waals surface area (Å²) in [5.74, 6) is 2.29. The number of para-hydroxylation sites is 1. The first-order valence-electron chi connectivity index (χ1n) is 14.9. The van der Waals surface area contributed by atoms with Gasteiger partial charge in [0.05, 0.1) is 26.0 Å². The standard InChI is InChI=1S/C33H48N2O3S.BrH/c1-3-4-5-6-7-8-9-10-11-12-13-14-23-38-33-29(16-15-17-31(33)37-2)25-32(36)34-30-20-18-28(19-21-30)26-35-22-24-39-27-35;/h15-22,24H,3-14,23,25-27H2,1-2H3,(H,34,36);1H. The average molecular weight is 634 g/mol. The van der Waals surface area contributed by atoms with E-state index in [0.717, 1.165) is 30.1 Å². The van der Waals surface area contributed by atoms with Crippen LogP contribution in [-0.4, -0.2) is 30.4 Å². The van der Waals surface area contributed by atoms with Crippen molar-refractivity contribution >= 4 is 40.3 Å². The average Bonchev–Trinajstić information content (AvgIpc) is 3.46. The van der Waals surface area contributed by atoms with E-state index in [9.17, 15) is 4.79 Å². The maximum absolute atomic E-state index is 12.9. The molecule has 0 saturated carbocycles. The number of nitrogens with zero attached hydrogens (tertiary/aromatic N) is 1. The van der Waals surface area contributed by atoms with Crippen LogP contribution < -0.4 is 14.8 Å². The molecule has 222 valence electrons. The number of carbonyl (C=O) groups is 1. The van der Waals surface area contributed by atoms with Crippen LogP contribution in [0.25, 0.3) is 0 Å². The Morgan fingerprint density at radius 1 is 0.900 bits per heavy atom. The first-order valence-corrected chi connectivity index (χ1v) is 15.9. The zero-order chi connectivity index (χ0) is 27.5. The molecule has 1 aliphatic heterocycles. The summed E-state index contributed by atoms with van der Waals surface area (Å²) >= 11 is 1.80. The van der Waals surface area contributed by atoms with Crippen LogP contribution in [0.2, 0.25) is 0 Å². The fourth-order valence-electron chi connectivity index (χ4n) is 4.86. The number of rotatable bonds is 20. The van der Waals surface area contributed by atoms with Gasteiger partial charge in [-0.3, -0.25) is 4.79 Å². The van der Waals surface area contributed by atoms with Crippen molar-refractivity contribution < 1.29 is 14.3 Å². The van der Waals surface area contributed by atoms with Gasteiger partial charge in [-0.2, -0.15) is 0 Å². The van der Waals surface area contributed by atoms with Crippen molar-refractivity contribution in [1.82, 2.24) is 4.90 Å². The van der Waals surface area contributed by atoms with Crippen molar-refractivity contribution in [2.45, 2.75) is 96.9 Å². The van der Waals surface area contributed by atoms with Gasteiger partial charge < -0.3 is 19.7 Å². The molecule has 0 unspecified atom stereocenters. The number of hydrogen-bond acceptors (Lipinski definition) is 5. The molecule has 1 aliphatic rings. The molecule has 2 aromatic rings. The number of thioether (sulfide) groups is 1. The lowest BCUT2D eigenvalue weighted by Crippen LogP contribution is -2.16. The highest BCUT2D eigenvalue weighted by Gasteiger charge is 2.14. The second kappa shape index (κ2) is 20.7. The molecule has 0 atom stereocenters. The van der Waals surface area contributed by atoms with Crippen LogP contribution in [-0.2, 0) is 17.8 Å². The third kappa shape index (κ3) is 13.0. The molecule has 0 fully saturated rings. The monoisotopic (exact) mass is 632 g/mol. The number of amides is 1. The Morgan fingerprint density at radius 3 is 2.15 bits per heavy atom. The number of methoxy groups -OCH3 is 1. The van der Waals surface area contributed by atoms with Gasteiger partial charge in [-0.15, -0.1) is 28.7 Å². The summed E-state index contributed by atoms with van der Waals surface area (Å²) in [7, 11) is 1.65. The lowest BCUT2D eigenvalue weighted by molar-refractivity contribution is -0.115. The molecule has 5 nitrogen and oxygen atoms in total. The van der Waals surface area contributed by atoms with Gasteiger partial charge in [-0.25, -0.2) is 0 Å². The number of unbranched alkanes of at least 4 members (excludes halogenated alkanes) is 11. The van der Waals surface area contributed by atoms with E-state index >= 15 is 0 Å². The van der Waals surface area contributed by atoms with Crippen LogP contribution in [0.4, 0.5) is 5.69 Å². The van der Waals surface area contributed by atoms with Crippen LogP contribution in [0.1, 0.15) is 95.1 Å². The van der Waals surface area contributed by atoms with Gasteiger partial charge >= 0.3 is 0 Å². The minimum Gasteiger partial charge on any atom is -0.493 e. The molecule has 0 spiro atoms. The number of benzene rings is 2. The zero-order valence-electron chi connectivity index (χ0n) is 24.5. The number of anilines is 1. The number of hydrogen-bond donors (Lipinski definition) is 1. The van der Waals surface area contributed by atoms with Crippen LogP contribution in [0, 0.1) is 0 Å². The molecule has 3 rings (SSSR count). The molecular formula is C33H49BrN2O3S. The van der Waals surface area contributed by atoms with Crippen molar-refractivity contribution in [1.29, 1.82) is 0 Å². The van der Waals surface area contributed by atoms with Gasteiger partial charge in [0.1, 0.15) is 0 Å². The van der Waals surface area contributed by atoms with Crippen molar-refractivity contribution in [3.05, 3.63) is 65.2 Å². The van der Waals surface area contributed by atoms with Gasteiger partial charge in [0, 0.05) is 24.0 Å². The summed E-state index contributed by atoms with van der Waals surface area (Å²) < 4.78 is 11.7. The fraction of sp³-hybridized carbons (Fsp3) is 0.545. The second-order valence-electron chi connectivity index (χ2n) is 10.4. The molecule has 1 N–H and O–H groups in total. The minimum atomic E-state index is -0.0647. The predicted octanol–water partition coefficient (Wildman–Crippen LogP) is 9.51. The van der Waals surface area contributed by atoms with E-state index in [1.54, 1.807) is 18.9 Å². The van der Waals surface area contributed by atoms with Gasteiger partial charge in [0.15, 0.2) is 11.5 Å². The Morgan fingerprint density at radius 2 is 1.55 bits per heavy atom. The molecule has 7 heteroatoms. The third-order valence-corrected chi connectivity index (χ3v) is 7.90. The summed E-state index contributed by atoms with van der Waals surface area (Å²) in [5.41, 5.74) is 2.87. The second-order valence-corrected chi connectivity index (χ2v) is 11.3. The van der Waals surface area contributed by atoms with Crippen LogP contribution in [0.3, 0.4) is 0 Å². The lowest BCUT2D eigenvalue weighted by atomic mass is 10.1. The smallest absolute Gasteiger partial charge is 0.228 e. The van der Waals surface area contributed by atoms with E-state index < -0.39 is 0 Å². The van der Waals surface area contributed by atoms with E-state index in [4.69, 9.17) is 9.47 Å². The third-order valence-electron chi connectivity index (χ3n) is 7.11. The first kappa shape index (κ1) is 34.1. The molecule has 0 aromatic heterocycles. The Kier molecular flexibility index (Phi) is 17.6. The van der Waals surface area contributed by atoms with E-state index in [-0.39, 0.29) is 29.3 Å². The predicted molar refractivity (Wildman–Crippen MR) is 176 cm³/mol. The summed E-state index contributed by atoms with van der Waals surface area (Å²) in [6.07, 6.45) is 18.1. The van der Waals surface area contributed by atoms with E-state index in [1.165, 1.54) is 76.2 Å². The van der Waals surface area contributed by atoms with Gasteiger partial charge in [0.25, 0.3) is 0 Å². The number of carbonyl (C=O) groups excluding carboxylic acids is 1. The summed E-state index contributed by atoms with van der Waals surface area (Å²) in [4.78, 5) is 15.1. The van der Waals surface area contributed by atoms with Gasteiger partial charge in [-0.05, 0) is 35.6 Å². The van der Waals surface area contributed by atoms with Crippen molar-refractivity contribution in [2.24, 2.45) is 0 Å². The highest BCUT2D eigenvalue weighted by atomic mass is 79.9. The minimum absolute atomic E-state index is 0. The topological polar surface area (TPSA) is 50.8 Å². The summed E-state index contributed by atoms with van der Waals surface area (Å²) in [6.45, 7) is 3.79. The largest absolute Gasteiger partial charge is 0.493 e. The van der Waals surface area contributed by atoms with Gasteiger partial charge in [-0.1, -0.05) is 102 Å². The van der Waals surface area contributed by atoms with Crippen molar-refractivity contribution in [3.63, 3.8) is 0 Å². The first-order chi connectivity index (χ1) is 19.2. The molecule has 0 saturated heterocycles. The molecule has 1 amide bonds. The SMILES string of the molecule is Br.CCCCCCCCCCCCCCOc1c(CC(=O)Nc2ccc(CN3C=CSC3)cc2)cccc1OC. The van der Waals surface area contributed by atoms with Crippen molar-refractivity contribution in [3.8, 4) is 11.5 Å². The van der Waals surface area contributed by atoms with Crippen LogP contribution in [0.5, 0.6) is 11.5 Å². The Hall–Kier alpha value is -2.12. The van der Waals surface area contributed by atoms with E-state index in [0.29, 0.717) is 18.1 Å². The maximum atomic E-state index is 12.9. The molecule has 2 aromatic carbocycles. The molecule has 0 aliphatic carbocycles. The molecule has 0 radical (unpaired) electrons. The summed E-state index contributed by atoms with van der Waals surface area (Å²) in [5, 5.41) is 5.14. The van der Waals surface area contributed by atoms with Crippen LogP contribution in [0.15, 0.2) is 54.1 Å². The van der Waals surface area contributed by atoms with Crippen LogP contribution >= 0.6 is 28.7 Å². The molecular weight excluding hydrogens is 584 g/mol. The van der Waals surface area contributed by atoms with E-state index in [2.05, 4.69) is 40.9 Å². The molecule has 0 bridgehead atoms. The lowest BCUT2D eigenvalue weighted by Gasteiger charge is -2.16. The summed E-state index contributed by atoms with van der Waals surface area (Å²) in [6, 6.07) is 13.8. The quantitative estimate of drug-likeness (QED) is 0.147. The number of ether oxygens (including phenoxy) is 2. The zero-order valence-corrected chi connectivity index (χ0v) is 27.0. The Labute approximate surface area is 257 Å². The number of halogens is 1. The normalized spacial score (nSPS) is 12.3. The Bertz CT molecular complexity index is 1000. The maximum Gasteiger partial charge on any atom is 0.228 e. The fourth-order valence-corrected chi connectivity index (χ4v) is 5.57. The molecule has 1 heterocycles. The highest BCUT2D eigenvalue weighted by Crippen LogP contribution is 2.32. The highest BCUT2D eigenvalue weighted by molar-refractivity contribution is 8.93. The number of nitrogens with one attached hydrogen (secondary N) is 1. The van der Waals surface area contributed by atoms with Gasteiger partial charge in [0.2, 0.25) is 5.91 Å². The Balaban J connectivity index is 0.00000560. The van der Waals surface area contributed by atoms with E-state index in [1.807, 2.05) is 30.3 Å². The molecule has 40 heavy (non-hydrogen) atoms.